The number of hydrogen-bond donors (Lipinski definition) is 0. The van der Waals surface area contributed by atoms with Gasteiger partial charge in [-0.2, -0.15) is 0 Å². The first kappa shape index (κ1) is 26.2. The van der Waals surface area contributed by atoms with Crippen LogP contribution in [0.5, 0.6) is 5.75 Å². The zero-order valence-electron chi connectivity index (χ0n) is 21.4. The lowest BCUT2D eigenvalue weighted by atomic mass is 9.83. The van der Waals surface area contributed by atoms with E-state index in [1.165, 1.54) is 11.0 Å². The third-order valence-corrected chi connectivity index (χ3v) is 6.95. The summed E-state index contributed by atoms with van der Waals surface area (Å²) in [6, 6.07) is 13.8. The molecule has 4 rings (SSSR count). The standard InChI is InChI=1S/C28H32FN3O5/c1-4-37-28(35)27-19(2)32(25(33)17-21(27)20-9-5-6-10-22(20)29)18-26(34)31-15-13-30(14-16-31)23-11-7-8-12-24(23)36-3/h5-12,21H,4,13-18H2,1-3H3. The number of ether oxygens (including phenoxy) is 2. The average Bonchev–Trinajstić information content (AvgIpc) is 2.91. The fourth-order valence-electron chi connectivity index (χ4n) is 5.02. The van der Waals surface area contributed by atoms with Gasteiger partial charge in [0.15, 0.2) is 0 Å². The Morgan fingerprint density at radius 2 is 1.70 bits per heavy atom. The van der Waals surface area contributed by atoms with Gasteiger partial charge in [0, 0.05) is 44.2 Å². The van der Waals surface area contributed by atoms with Crippen LogP contribution in [0.2, 0.25) is 0 Å². The minimum Gasteiger partial charge on any atom is -0.495 e. The molecule has 0 aromatic heterocycles. The topological polar surface area (TPSA) is 79.4 Å². The molecule has 0 bridgehead atoms. The SMILES string of the molecule is CCOC(=O)C1=C(C)N(CC(=O)N2CCN(c3ccccc3OC)CC2)C(=O)CC1c1ccccc1F. The number of piperazine rings is 1. The molecule has 1 atom stereocenters. The zero-order valence-corrected chi connectivity index (χ0v) is 21.4. The third kappa shape index (κ3) is 5.45. The number of para-hydroxylation sites is 2. The Morgan fingerprint density at radius 3 is 2.38 bits per heavy atom. The predicted octanol–water partition coefficient (Wildman–Crippen LogP) is 3.34. The number of carbonyl (C=O) groups is 3. The number of amides is 2. The normalized spacial score (nSPS) is 18.2. The highest BCUT2D eigenvalue weighted by atomic mass is 19.1. The van der Waals surface area contributed by atoms with Gasteiger partial charge in [-0.3, -0.25) is 9.59 Å². The lowest BCUT2D eigenvalue weighted by molar-refractivity contribution is -0.142. The second kappa shape index (κ2) is 11.5. The van der Waals surface area contributed by atoms with E-state index in [1.54, 1.807) is 44.1 Å². The molecule has 0 aliphatic carbocycles. The number of allylic oxidation sites excluding steroid dienone is 1. The van der Waals surface area contributed by atoms with Gasteiger partial charge in [-0.25, -0.2) is 9.18 Å². The van der Waals surface area contributed by atoms with Crippen molar-refractivity contribution in [3.8, 4) is 5.75 Å². The van der Waals surface area contributed by atoms with Crippen LogP contribution in [0, 0.1) is 5.82 Å². The summed E-state index contributed by atoms with van der Waals surface area (Å²) in [7, 11) is 1.63. The van der Waals surface area contributed by atoms with Gasteiger partial charge in [-0.05, 0) is 37.6 Å². The van der Waals surface area contributed by atoms with Crippen LogP contribution in [0.1, 0.15) is 31.7 Å². The molecule has 2 aromatic rings. The molecule has 9 heteroatoms. The molecule has 37 heavy (non-hydrogen) atoms. The first-order valence-electron chi connectivity index (χ1n) is 12.4. The van der Waals surface area contributed by atoms with Gasteiger partial charge in [-0.1, -0.05) is 30.3 Å². The number of hydrogen-bond acceptors (Lipinski definition) is 6. The Bertz CT molecular complexity index is 1210. The Hall–Kier alpha value is -3.88. The molecule has 2 heterocycles. The number of benzene rings is 2. The van der Waals surface area contributed by atoms with E-state index in [1.807, 2.05) is 24.3 Å². The molecule has 1 saturated heterocycles. The monoisotopic (exact) mass is 509 g/mol. The van der Waals surface area contributed by atoms with Gasteiger partial charge in [-0.15, -0.1) is 0 Å². The highest BCUT2D eigenvalue weighted by Gasteiger charge is 2.39. The van der Waals surface area contributed by atoms with Gasteiger partial charge in [0.05, 0.1) is 25.0 Å². The number of esters is 1. The van der Waals surface area contributed by atoms with E-state index in [0.29, 0.717) is 31.9 Å². The van der Waals surface area contributed by atoms with Crippen molar-refractivity contribution in [3.05, 3.63) is 71.2 Å². The quantitative estimate of drug-likeness (QED) is 0.533. The van der Waals surface area contributed by atoms with Crippen LogP contribution < -0.4 is 9.64 Å². The van der Waals surface area contributed by atoms with Crippen molar-refractivity contribution >= 4 is 23.5 Å². The molecule has 2 amide bonds. The number of methoxy groups -OCH3 is 1. The van der Waals surface area contributed by atoms with Crippen molar-refractivity contribution in [1.29, 1.82) is 0 Å². The summed E-state index contributed by atoms with van der Waals surface area (Å²) >= 11 is 0. The van der Waals surface area contributed by atoms with Crippen LogP contribution in [0.15, 0.2) is 59.8 Å². The molecule has 0 radical (unpaired) electrons. The van der Waals surface area contributed by atoms with Gasteiger partial charge < -0.3 is 24.2 Å². The maximum atomic E-state index is 14.6. The molecule has 2 aromatic carbocycles. The third-order valence-electron chi connectivity index (χ3n) is 6.95. The summed E-state index contributed by atoms with van der Waals surface area (Å²) in [5.74, 6) is -1.64. The molecular weight excluding hydrogens is 477 g/mol. The minimum absolute atomic E-state index is 0.124. The number of anilines is 1. The molecule has 196 valence electrons. The molecule has 0 N–H and O–H groups in total. The van der Waals surface area contributed by atoms with Crippen LogP contribution in [-0.4, -0.2) is 74.0 Å². The van der Waals surface area contributed by atoms with Crippen LogP contribution in [0.3, 0.4) is 0 Å². The fraction of sp³-hybridized carbons (Fsp3) is 0.393. The van der Waals surface area contributed by atoms with E-state index >= 15 is 0 Å². The molecule has 0 spiro atoms. The van der Waals surface area contributed by atoms with E-state index in [4.69, 9.17) is 9.47 Å². The maximum absolute atomic E-state index is 14.6. The van der Waals surface area contributed by atoms with Gasteiger partial charge >= 0.3 is 5.97 Å². The largest absolute Gasteiger partial charge is 0.495 e. The highest BCUT2D eigenvalue weighted by Crippen LogP contribution is 2.38. The van der Waals surface area contributed by atoms with Crippen molar-refractivity contribution < 1.29 is 28.2 Å². The summed E-state index contributed by atoms with van der Waals surface area (Å²) in [6.45, 7) is 5.48. The van der Waals surface area contributed by atoms with Crippen LogP contribution in [0.4, 0.5) is 10.1 Å². The smallest absolute Gasteiger partial charge is 0.336 e. The summed E-state index contributed by atoms with van der Waals surface area (Å²) in [5.41, 5.74) is 1.77. The van der Waals surface area contributed by atoms with Gasteiger partial charge in [0.2, 0.25) is 11.8 Å². The molecule has 2 aliphatic heterocycles. The Kier molecular flexibility index (Phi) is 8.11. The first-order chi connectivity index (χ1) is 17.8. The molecule has 1 unspecified atom stereocenters. The number of rotatable bonds is 7. The van der Waals surface area contributed by atoms with Gasteiger partial charge in [0.25, 0.3) is 0 Å². The lowest BCUT2D eigenvalue weighted by Gasteiger charge is -2.39. The average molecular weight is 510 g/mol. The Labute approximate surface area is 216 Å². The summed E-state index contributed by atoms with van der Waals surface area (Å²) in [6.07, 6.45) is -0.124. The first-order valence-corrected chi connectivity index (χ1v) is 12.4. The predicted molar refractivity (Wildman–Crippen MR) is 137 cm³/mol. The maximum Gasteiger partial charge on any atom is 0.336 e. The van der Waals surface area contributed by atoms with Crippen molar-refractivity contribution in [2.24, 2.45) is 0 Å². The van der Waals surface area contributed by atoms with Crippen molar-refractivity contribution in [3.63, 3.8) is 0 Å². The van der Waals surface area contributed by atoms with Crippen LogP contribution >= 0.6 is 0 Å². The van der Waals surface area contributed by atoms with E-state index in [-0.39, 0.29) is 42.5 Å². The highest BCUT2D eigenvalue weighted by molar-refractivity contribution is 5.97. The molecule has 1 fully saturated rings. The fourth-order valence-corrected chi connectivity index (χ4v) is 5.02. The molecular formula is C28H32FN3O5. The molecule has 0 saturated carbocycles. The summed E-state index contributed by atoms with van der Waals surface area (Å²) in [4.78, 5) is 44.5. The number of halogens is 1. The van der Waals surface area contributed by atoms with E-state index in [2.05, 4.69) is 4.90 Å². The number of nitrogens with zero attached hydrogens (tertiary/aromatic N) is 3. The van der Waals surface area contributed by atoms with Crippen molar-refractivity contribution in [1.82, 2.24) is 9.80 Å². The molecule has 2 aliphatic rings. The van der Waals surface area contributed by atoms with Crippen molar-refractivity contribution in [2.45, 2.75) is 26.2 Å². The van der Waals surface area contributed by atoms with E-state index in [0.717, 1.165) is 11.4 Å². The minimum atomic E-state index is -0.775. The van der Waals surface area contributed by atoms with Crippen LogP contribution in [0.25, 0.3) is 0 Å². The summed E-state index contributed by atoms with van der Waals surface area (Å²) < 4.78 is 25.3. The van der Waals surface area contributed by atoms with E-state index < -0.39 is 17.7 Å². The summed E-state index contributed by atoms with van der Waals surface area (Å²) in [5, 5.41) is 0. The van der Waals surface area contributed by atoms with Crippen LogP contribution in [-0.2, 0) is 19.1 Å². The zero-order chi connectivity index (χ0) is 26.5. The van der Waals surface area contributed by atoms with E-state index in [9.17, 15) is 18.8 Å². The second-order valence-electron chi connectivity index (χ2n) is 9.02. The van der Waals surface area contributed by atoms with Gasteiger partial charge in [0.1, 0.15) is 18.1 Å². The second-order valence-corrected chi connectivity index (χ2v) is 9.02. The van der Waals surface area contributed by atoms with Crippen molar-refractivity contribution in [2.75, 3.05) is 51.3 Å². The number of carbonyl (C=O) groups excluding carboxylic acids is 3. The molecule has 8 nitrogen and oxygen atoms in total. The Balaban J connectivity index is 1.51. The Morgan fingerprint density at radius 1 is 1.03 bits per heavy atom. The lowest BCUT2D eigenvalue weighted by Crippen LogP contribution is -2.52.